The number of thiophene rings is 1. The molecule has 4 heteroatoms. The van der Waals surface area contributed by atoms with E-state index in [9.17, 15) is 0 Å². The van der Waals surface area contributed by atoms with Gasteiger partial charge < -0.3 is 9.73 Å². The predicted octanol–water partition coefficient (Wildman–Crippen LogP) is 3.80. The smallest absolute Gasteiger partial charge is 0.164 e. The average Bonchev–Trinajstić information content (AvgIpc) is 2.88. The Labute approximate surface area is 113 Å². The van der Waals surface area contributed by atoms with Gasteiger partial charge in [-0.1, -0.05) is 6.92 Å². The zero-order valence-electron chi connectivity index (χ0n) is 9.13. The van der Waals surface area contributed by atoms with Crippen LogP contribution in [0.25, 0.3) is 0 Å². The highest BCUT2D eigenvalue weighted by atomic mass is 127. The maximum Gasteiger partial charge on any atom is 0.164 e. The Morgan fingerprint density at radius 1 is 1.19 bits per heavy atom. The molecule has 0 unspecified atom stereocenters. The van der Waals surface area contributed by atoms with Crippen LogP contribution in [-0.4, -0.2) is 0 Å². The normalized spacial score (nSPS) is 10.9. The molecule has 0 aromatic carbocycles. The van der Waals surface area contributed by atoms with Gasteiger partial charge in [-0.3, -0.25) is 0 Å². The summed E-state index contributed by atoms with van der Waals surface area (Å²) in [6.07, 6.45) is 1.13. The fraction of sp³-hybridized carbons (Fsp3) is 0.333. The van der Waals surface area contributed by atoms with Crippen molar-refractivity contribution in [3.63, 3.8) is 0 Å². The summed E-state index contributed by atoms with van der Waals surface area (Å²) in [7, 11) is 0. The van der Waals surface area contributed by atoms with Gasteiger partial charge in [0.05, 0.1) is 6.54 Å². The van der Waals surface area contributed by atoms with Crippen molar-refractivity contribution in [1.82, 2.24) is 5.32 Å². The minimum Gasteiger partial charge on any atom is -0.454 e. The monoisotopic (exact) mass is 347 g/mol. The molecule has 0 radical (unpaired) electrons. The van der Waals surface area contributed by atoms with Crippen LogP contribution in [0.1, 0.15) is 22.4 Å². The van der Waals surface area contributed by atoms with Gasteiger partial charge in [0.1, 0.15) is 5.76 Å². The molecule has 86 valence electrons. The first-order valence-corrected chi connectivity index (χ1v) is 7.20. The molecule has 1 N–H and O–H groups in total. The topological polar surface area (TPSA) is 25.2 Å². The fourth-order valence-electron chi connectivity index (χ4n) is 1.46. The molecule has 2 aromatic heterocycles. The zero-order valence-corrected chi connectivity index (χ0v) is 12.1. The van der Waals surface area contributed by atoms with E-state index in [1.165, 1.54) is 9.75 Å². The summed E-state index contributed by atoms with van der Waals surface area (Å²) >= 11 is 4.06. The second kappa shape index (κ2) is 5.84. The summed E-state index contributed by atoms with van der Waals surface area (Å²) < 4.78 is 6.42. The number of nitrogens with one attached hydrogen (secondary N) is 1. The van der Waals surface area contributed by atoms with Crippen LogP contribution in [0.2, 0.25) is 0 Å². The molecule has 0 saturated carbocycles. The Bertz CT molecular complexity index is 449. The molecule has 0 saturated heterocycles. The van der Waals surface area contributed by atoms with E-state index in [4.69, 9.17) is 4.42 Å². The van der Waals surface area contributed by atoms with Crippen LogP contribution in [0.4, 0.5) is 0 Å². The molecular weight excluding hydrogens is 333 g/mol. The number of furan rings is 1. The van der Waals surface area contributed by atoms with Crippen molar-refractivity contribution in [3.05, 3.63) is 43.5 Å². The van der Waals surface area contributed by atoms with Gasteiger partial charge in [-0.15, -0.1) is 11.3 Å². The number of hydrogen-bond acceptors (Lipinski definition) is 3. The molecule has 2 rings (SSSR count). The van der Waals surface area contributed by atoms with Gasteiger partial charge in [0, 0.05) is 16.3 Å². The first-order valence-electron chi connectivity index (χ1n) is 5.30. The Kier molecular flexibility index (Phi) is 4.43. The number of rotatable bonds is 5. The summed E-state index contributed by atoms with van der Waals surface area (Å²) in [6, 6.07) is 8.40. The molecule has 2 aromatic rings. The van der Waals surface area contributed by atoms with Gasteiger partial charge in [-0.25, -0.2) is 0 Å². The van der Waals surface area contributed by atoms with Crippen molar-refractivity contribution < 1.29 is 4.42 Å². The first-order chi connectivity index (χ1) is 7.78. The highest BCUT2D eigenvalue weighted by Gasteiger charge is 2.01. The van der Waals surface area contributed by atoms with E-state index >= 15 is 0 Å². The van der Waals surface area contributed by atoms with E-state index in [0.29, 0.717) is 0 Å². The molecule has 0 amide bonds. The summed E-state index contributed by atoms with van der Waals surface area (Å²) in [5.74, 6) is 0.997. The van der Waals surface area contributed by atoms with Gasteiger partial charge in [0.25, 0.3) is 0 Å². The van der Waals surface area contributed by atoms with Gasteiger partial charge in [-0.2, -0.15) is 0 Å². The molecule has 0 aliphatic heterocycles. The molecule has 0 aliphatic rings. The lowest BCUT2D eigenvalue weighted by molar-refractivity contribution is 0.463. The van der Waals surface area contributed by atoms with E-state index in [1.807, 2.05) is 23.5 Å². The van der Waals surface area contributed by atoms with Gasteiger partial charge >= 0.3 is 0 Å². The van der Waals surface area contributed by atoms with Crippen LogP contribution in [0.15, 0.2) is 28.7 Å². The minimum atomic E-state index is 0.794. The Hall–Kier alpha value is -0.330. The van der Waals surface area contributed by atoms with E-state index in [0.717, 1.165) is 29.0 Å². The van der Waals surface area contributed by atoms with Crippen molar-refractivity contribution in [2.24, 2.45) is 0 Å². The molecule has 0 atom stereocenters. The standard InChI is InChI=1S/C12H14INOS/c1-2-10-4-5-11(16-10)8-14-7-9-3-6-12(13)15-9/h3-6,14H,2,7-8H2,1H3. The molecule has 0 fully saturated rings. The van der Waals surface area contributed by atoms with Crippen molar-refractivity contribution in [1.29, 1.82) is 0 Å². The number of halogens is 1. The Morgan fingerprint density at radius 3 is 2.62 bits per heavy atom. The largest absolute Gasteiger partial charge is 0.454 e. The van der Waals surface area contributed by atoms with Crippen molar-refractivity contribution >= 4 is 33.9 Å². The van der Waals surface area contributed by atoms with E-state index in [2.05, 4.69) is 47.0 Å². The number of aryl methyl sites for hydroxylation is 1. The summed E-state index contributed by atoms with van der Waals surface area (Å²) in [4.78, 5) is 2.84. The van der Waals surface area contributed by atoms with E-state index in [1.54, 1.807) is 0 Å². The summed E-state index contributed by atoms with van der Waals surface area (Å²) in [6.45, 7) is 3.90. The lowest BCUT2D eigenvalue weighted by Crippen LogP contribution is -2.10. The SMILES string of the molecule is CCc1ccc(CNCc2ccc(I)o2)s1. The Morgan fingerprint density at radius 2 is 2.00 bits per heavy atom. The molecular formula is C12H14INOS. The van der Waals surface area contributed by atoms with Crippen LogP contribution in [0, 0.1) is 3.77 Å². The van der Waals surface area contributed by atoms with Crippen LogP contribution in [-0.2, 0) is 19.5 Å². The second-order valence-corrected chi connectivity index (χ2v) is 5.85. The zero-order chi connectivity index (χ0) is 11.4. The van der Waals surface area contributed by atoms with Crippen molar-refractivity contribution in [3.8, 4) is 0 Å². The highest BCUT2D eigenvalue weighted by Crippen LogP contribution is 2.17. The molecule has 0 bridgehead atoms. The molecule has 0 aliphatic carbocycles. The van der Waals surface area contributed by atoms with Gasteiger partial charge in [0.2, 0.25) is 0 Å². The minimum absolute atomic E-state index is 0.794. The van der Waals surface area contributed by atoms with Gasteiger partial charge in [0.15, 0.2) is 3.77 Å². The number of hydrogen-bond donors (Lipinski definition) is 1. The molecule has 2 nitrogen and oxygen atoms in total. The second-order valence-electron chi connectivity index (χ2n) is 3.53. The third kappa shape index (κ3) is 3.33. The van der Waals surface area contributed by atoms with Crippen molar-refractivity contribution in [2.75, 3.05) is 0 Å². The quantitative estimate of drug-likeness (QED) is 0.833. The van der Waals surface area contributed by atoms with E-state index < -0.39 is 0 Å². The first kappa shape index (κ1) is 12.1. The lowest BCUT2D eigenvalue weighted by atomic mass is 10.3. The maximum absolute atomic E-state index is 5.48. The van der Waals surface area contributed by atoms with Gasteiger partial charge in [-0.05, 0) is 53.3 Å². The summed E-state index contributed by atoms with van der Waals surface area (Å²) in [5.41, 5.74) is 0. The average molecular weight is 347 g/mol. The lowest BCUT2D eigenvalue weighted by Gasteiger charge is -1.99. The molecule has 16 heavy (non-hydrogen) atoms. The van der Waals surface area contributed by atoms with Crippen molar-refractivity contribution in [2.45, 2.75) is 26.4 Å². The maximum atomic E-state index is 5.48. The highest BCUT2D eigenvalue weighted by molar-refractivity contribution is 14.1. The molecule has 0 spiro atoms. The Balaban J connectivity index is 1.79. The van der Waals surface area contributed by atoms with Crippen LogP contribution in [0.3, 0.4) is 0 Å². The van der Waals surface area contributed by atoms with Crippen LogP contribution < -0.4 is 5.32 Å². The predicted molar refractivity (Wildman–Crippen MR) is 75.7 cm³/mol. The third-order valence-corrected chi connectivity index (χ3v) is 4.10. The fourth-order valence-corrected chi connectivity index (χ4v) is 2.85. The van der Waals surface area contributed by atoms with Crippen LogP contribution in [0.5, 0.6) is 0 Å². The van der Waals surface area contributed by atoms with Crippen LogP contribution >= 0.6 is 33.9 Å². The third-order valence-electron chi connectivity index (χ3n) is 2.29. The molecule has 2 heterocycles. The van der Waals surface area contributed by atoms with E-state index in [-0.39, 0.29) is 0 Å². The summed E-state index contributed by atoms with van der Waals surface area (Å²) in [5, 5.41) is 3.38.